The van der Waals surface area contributed by atoms with E-state index in [0.717, 1.165) is 31.0 Å². The summed E-state index contributed by atoms with van der Waals surface area (Å²) in [6.07, 6.45) is 7.01. The van der Waals surface area contributed by atoms with E-state index in [1.165, 1.54) is 5.57 Å². The molecule has 0 saturated carbocycles. The largest absolute Gasteiger partial charge is 0.303 e. The van der Waals surface area contributed by atoms with Gasteiger partial charge in [-0.25, -0.2) is 0 Å². The third-order valence-corrected chi connectivity index (χ3v) is 2.65. The Morgan fingerprint density at radius 3 is 2.21 bits per heavy atom. The van der Waals surface area contributed by atoms with Gasteiger partial charge in [-0.2, -0.15) is 0 Å². The van der Waals surface area contributed by atoms with Crippen molar-refractivity contribution in [3.63, 3.8) is 0 Å². The summed E-state index contributed by atoms with van der Waals surface area (Å²) in [5.74, 6) is 0.545. The number of benzene rings is 1. The number of carbonyl (C=O) groups is 2. The molecule has 1 aromatic carbocycles. The van der Waals surface area contributed by atoms with E-state index in [1.54, 1.807) is 12.1 Å². The maximum Gasteiger partial charge on any atom is 0.150 e. The summed E-state index contributed by atoms with van der Waals surface area (Å²) < 4.78 is 0. The molecule has 0 radical (unpaired) electrons. The molecule has 0 aliphatic carbocycles. The van der Waals surface area contributed by atoms with Gasteiger partial charge >= 0.3 is 0 Å². The van der Waals surface area contributed by atoms with Gasteiger partial charge < -0.3 is 4.79 Å². The van der Waals surface area contributed by atoms with Gasteiger partial charge in [0.2, 0.25) is 0 Å². The highest BCUT2D eigenvalue weighted by Crippen LogP contribution is 2.09. The van der Waals surface area contributed by atoms with Crippen molar-refractivity contribution in [2.75, 3.05) is 0 Å². The summed E-state index contributed by atoms with van der Waals surface area (Å²) >= 11 is 0. The summed E-state index contributed by atoms with van der Waals surface area (Å²) in [6, 6.07) is 9.10. The lowest BCUT2D eigenvalue weighted by Crippen LogP contribution is -1.93. The summed E-state index contributed by atoms with van der Waals surface area (Å²) in [5, 5.41) is 0. The molecule has 1 rings (SSSR count). The molecule has 1 aromatic rings. The molecule has 19 heavy (non-hydrogen) atoms. The Morgan fingerprint density at radius 1 is 1.16 bits per heavy atom. The zero-order valence-corrected chi connectivity index (χ0v) is 12.1. The van der Waals surface area contributed by atoms with Gasteiger partial charge in [0.25, 0.3) is 0 Å². The van der Waals surface area contributed by atoms with Crippen molar-refractivity contribution in [2.24, 2.45) is 5.92 Å². The molecule has 2 nitrogen and oxygen atoms in total. The highest BCUT2D eigenvalue weighted by molar-refractivity contribution is 5.74. The van der Waals surface area contributed by atoms with Crippen molar-refractivity contribution in [3.05, 3.63) is 47.5 Å². The summed E-state index contributed by atoms with van der Waals surface area (Å²) in [5.41, 5.74) is 2.09. The van der Waals surface area contributed by atoms with Crippen molar-refractivity contribution in [2.45, 2.75) is 40.0 Å². The van der Waals surface area contributed by atoms with Crippen LogP contribution in [0.5, 0.6) is 0 Å². The minimum atomic E-state index is 0.545. The molecule has 2 heteroatoms. The Hall–Kier alpha value is -1.70. The van der Waals surface area contributed by atoms with Crippen molar-refractivity contribution >= 4 is 12.6 Å². The minimum Gasteiger partial charge on any atom is -0.303 e. The van der Waals surface area contributed by atoms with E-state index in [9.17, 15) is 9.59 Å². The summed E-state index contributed by atoms with van der Waals surface area (Å²) in [6.45, 7) is 6.32. The average molecular weight is 260 g/mol. The van der Waals surface area contributed by atoms with Crippen LogP contribution in [0.4, 0.5) is 0 Å². The van der Waals surface area contributed by atoms with E-state index in [1.807, 2.05) is 18.2 Å². The fourth-order valence-electron chi connectivity index (χ4n) is 1.47. The van der Waals surface area contributed by atoms with Gasteiger partial charge in [-0.1, -0.05) is 48.9 Å². The molecule has 104 valence electrons. The van der Waals surface area contributed by atoms with E-state index in [4.69, 9.17) is 0 Å². The van der Waals surface area contributed by atoms with Crippen molar-refractivity contribution in [1.29, 1.82) is 0 Å². The van der Waals surface area contributed by atoms with Gasteiger partial charge in [0.15, 0.2) is 0 Å². The second kappa shape index (κ2) is 11.4. The van der Waals surface area contributed by atoms with Crippen molar-refractivity contribution < 1.29 is 9.59 Å². The molecule has 1 unspecified atom stereocenters. The Kier molecular flexibility index (Phi) is 10.4. The van der Waals surface area contributed by atoms with E-state index in [0.29, 0.717) is 12.3 Å². The Morgan fingerprint density at radius 2 is 1.79 bits per heavy atom. The zero-order chi connectivity index (χ0) is 14.5. The van der Waals surface area contributed by atoms with Crippen LogP contribution in [-0.2, 0) is 4.79 Å². The molecule has 0 amide bonds. The van der Waals surface area contributed by atoms with Crippen molar-refractivity contribution in [3.8, 4) is 0 Å². The minimum absolute atomic E-state index is 0.545. The molecule has 0 heterocycles. The maximum atomic E-state index is 10.1. The van der Waals surface area contributed by atoms with Crippen LogP contribution < -0.4 is 0 Å². The fraction of sp³-hybridized carbons (Fsp3) is 0.412. The second-order valence-electron chi connectivity index (χ2n) is 4.89. The van der Waals surface area contributed by atoms with Crippen molar-refractivity contribution in [1.82, 2.24) is 0 Å². The first-order chi connectivity index (χ1) is 9.10. The first-order valence-electron chi connectivity index (χ1n) is 6.67. The predicted octanol–water partition coefficient (Wildman–Crippen LogP) is 4.46. The first-order valence-corrected chi connectivity index (χ1v) is 6.67. The molecule has 0 spiro atoms. The van der Waals surface area contributed by atoms with Crippen LogP contribution in [0.25, 0.3) is 0 Å². The number of hydrogen-bond donors (Lipinski definition) is 0. The van der Waals surface area contributed by atoms with E-state index in [2.05, 4.69) is 26.8 Å². The summed E-state index contributed by atoms with van der Waals surface area (Å²) in [7, 11) is 0. The highest BCUT2D eigenvalue weighted by atomic mass is 16.1. The molecular weight excluding hydrogens is 236 g/mol. The van der Waals surface area contributed by atoms with Gasteiger partial charge in [0, 0.05) is 12.0 Å². The lowest BCUT2D eigenvalue weighted by molar-refractivity contribution is -0.108. The average Bonchev–Trinajstić information content (AvgIpc) is 2.40. The molecule has 0 fully saturated rings. The molecule has 0 saturated heterocycles. The van der Waals surface area contributed by atoms with Crippen LogP contribution >= 0.6 is 0 Å². The van der Waals surface area contributed by atoms with Gasteiger partial charge in [-0.3, -0.25) is 4.79 Å². The topological polar surface area (TPSA) is 34.1 Å². The Bertz CT molecular complexity index is 376. The molecule has 0 aromatic heterocycles. The lowest BCUT2D eigenvalue weighted by atomic mass is 10.0. The van der Waals surface area contributed by atoms with E-state index in [-0.39, 0.29) is 0 Å². The van der Waals surface area contributed by atoms with Crippen LogP contribution in [0.15, 0.2) is 42.0 Å². The van der Waals surface area contributed by atoms with E-state index < -0.39 is 0 Å². The number of hydrogen-bond acceptors (Lipinski definition) is 2. The number of aldehydes is 2. The number of carbonyl (C=O) groups excluding carboxylic acids is 2. The third kappa shape index (κ3) is 11.1. The maximum absolute atomic E-state index is 10.1. The Balaban J connectivity index is 0.000000356. The number of rotatable bonds is 6. The van der Waals surface area contributed by atoms with Crippen LogP contribution in [0, 0.1) is 5.92 Å². The normalized spacial score (nSPS) is 10.7. The van der Waals surface area contributed by atoms with Gasteiger partial charge in [0.1, 0.15) is 12.6 Å². The van der Waals surface area contributed by atoms with Gasteiger partial charge in [0.05, 0.1) is 0 Å². The summed E-state index contributed by atoms with van der Waals surface area (Å²) in [4.78, 5) is 20.1. The Labute approximate surface area is 116 Å². The first kappa shape index (κ1) is 17.3. The zero-order valence-electron chi connectivity index (χ0n) is 12.1. The lowest BCUT2D eigenvalue weighted by Gasteiger charge is -2.03. The van der Waals surface area contributed by atoms with Gasteiger partial charge in [-0.15, -0.1) is 0 Å². The quantitative estimate of drug-likeness (QED) is 0.559. The molecular formula is C17H24O2. The van der Waals surface area contributed by atoms with E-state index >= 15 is 0 Å². The SMILES string of the molecule is CC(C)=CCCC(C)CC=O.O=Cc1ccccc1. The second-order valence-corrected chi connectivity index (χ2v) is 4.89. The number of allylic oxidation sites excluding steroid dienone is 2. The smallest absolute Gasteiger partial charge is 0.150 e. The molecule has 0 N–H and O–H groups in total. The third-order valence-electron chi connectivity index (χ3n) is 2.65. The standard InChI is InChI=1S/C10H18O.C7H6O/c1-9(2)5-4-6-10(3)7-8-11;8-6-7-4-2-1-3-5-7/h5,8,10H,4,6-7H2,1-3H3;1-6H. The van der Waals surface area contributed by atoms with Crippen LogP contribution in [0.2, 0.25) is 0 Å². The fourth-order valence-corrected chi connectivity index (χ4v) is 1.47. The molecule has 0 aliphatic heterocycles. The molecule has 0 aliphatic rings. The predicted molar refractivity (Wildman–Crippen MR) is 80.3 cm³/mol. The highest BCUT2D eigenvalue weighted by Gasteiger charge is 1.98. The molecule has 1 atom stereocenters. The van der Waals surface area contributed by atoms with Gasteiger partial charge in [-0.05, 0) is 32.6 Å². The van der Waals surface area contributed by atoms with Crippen LogP contribution in [-0.4, -0.2) is 12.6 Å². The molecule has 0 bridgehead atoms. The monoisotopic (exact) mass is 260 g/mol. The van der Waals surface area contributed by atoms with Crippen LogP contribution in [0.3, 0.4) is 0 Å². The van der Waals surface area contributed by atoms with Crippen LogP contribution in [0.1, 0.15) is 50.4 Å².